The van der Waals surface area contributed by atoms with E-state index in [1.807, 2.05) is 120 Å². The molecule has 30 heavy (non-hydrogen) atoms. The van der Waals surface area contributed by atoms with Crippen LogP contribution in [-0.2, 0) is 0 Å². The van der Waals surface area contributed by atoms with Gasteiger partial charge in [0, 0.05) is 5.56 Å². The molecule has 0 fully saturated rings. The summed E-state index contributed by atoms with van der Waals surface area (Å²) in [6.45, 7) is 0. The van der Waals surface area contributed by atoms with Crippen molar-refractivity contribution < 1.29 is 4.79 Å². The molecule has 0 radical (unpaired) electrons. The lowest BCUT2D eigenvalue weighted by Gasteiger charge is -2.34. The number of amides is 1. The minimum absolute atomic E-state index is 0.0412. The predicted octanol–water partition coefficient (Wildman–Crippen LogP) is 6.39. The third kappa shape index (κ3) is 3.16. The molecule has 1 aliphatic heterocycles. The van der Waals surface area contributed by atoms with E-state index in [1.54, 1.807) is 5.01 Å². The Hall–Kier alpha value is -4.11. The topological polar surface area (TPSA) is 23.6 Å². The number of para-hydroxylation sites is 2. The fourth-order valence-electron chi connectivity index (χ4n) is 3.79. The van der Waals surface area contributed by atoms with Gasteiger partial charge in [-0.1, -0.05) is 84.9 Å². The smallest absolute Gasteiger partial charge is 0.267 e. The van der Waals surface area contributed by atoms with E-state index in [9.17, 15) is 4.79 Å². The second-order valence-electron chi connectivity index (χ2n) is 7.09. The number of nitrogens with zero attached hydrogens (tertiary/aromatic N) is 2. The molecule has 3 nitrogen and oxygen atoms in total. The van der Waals surface area contributed by atoms with Crippen LogP contribution in [0.2, 0.25) is 0 Å². The maximum Gasteiger partial charge on any atom is 0.278 e. The number of hydrazine groups is 1. The Morgan fingerprint density at radius 1 is 0.567 bits per heavy atom. The lowest BCUT2D eigenvalue weighted by atomic mass is 10.1. The number of benzene rings is 4. The van der Waals surface area contributed by atoms with Crippen LogP contribution in [0.3, 0.4) is 0 Å². The third-order valence-electron chi connectivity index (χ3n) is 5.16. The van der Waals surface area contributed by atoms with E-state index >= 15 is 0 Å². The minimum Gasteiger partial charge on any atom is -0.267 e. The maximum atomic E-state index is 13.6. The third-order valence-corrected chi connectivity index (χ3v) is 5.16. The van der Waals surface area contributed by atoms with E-state index in [0.717, 1.165) is 28.2 Å². The molecule has 0 N–H and O–H groups in total. The molecule has 0 atom stereocenters. The van der Waals surface area contributed by atoms with Gasteiger partial charge in [-0.2, -0.15) is 0 Å². The van der Waals surface area contributed by atoms with Crippen LogP contribution in [0.4, 0.5) is 11.4 Å². The summed E-state index contributed by atoms with van der Waals surface area (Å²) in [6, 6.07) is 37.9. The molecule has 4 aromatic rings. The molecule has 0 bridgehead atoms. The maximum absolute atomic E-state index is 13.6. The molecular formula is C27H20N2O. The summed E-state index contributed by atoms with van der Waals surface area (Å²) in [7, 11) is 0. The van der Waals surface area contributed by atoms with Gasteiger partial charge in [-0.3, -0.25) is 4.79 Å². The van der Waals surface area contributed by atoms with Crippen LogP contribution < -0.4 is 5.01 Å². The summed E-state index contributed by atoms with van der Waals surface area (Å²) in [4.78, 5) is 13.6. The van der Waals surface area contributed by atoms with Crippen LogP contribution in [0, 0.1) is 0 Å². The average Bonchev–Trinajstić information content (AvgIpc) is 3.08. The molecule has 0 spiro atoms. The monoisotopic (exact) mass is 388 g/mol. The normalized spacial score (nSPS) is 14.1. The molecule has 0 saturated heterocycles. The zero-order valence-corrected chi connectivity index (χ0v) is 16.3. The van der Waals surface area contributed by atoms with Crippen LogP contribution in [0.15, 0.2) is 115 Å². The van der Waals surface area contributed by atoms with Gasteiger partial charge in [0.15, 0.2) is 0 Å². The van der Waals surface area contributed by atoms with E-state index in [4.69, 9.17) is 0 Å². The summed E-state index contributed by atoms with van der Waals surface area (Å²) >= 11 is 0. The summed E-state index contributed by atoms with van der Waals surface area (Å²) in [6.07, 6.45) is 2.07. The van der Waals surface area contributed by atoms with Crippen LogP contribution in [0.25, 0.3) is 11.8 Å². The second-order valence-corrected chi connectivity index (χ2v) is 7.09. The molecule has 0 aliphatic carbocycles. The quantitative estimate of drug-likeness (QED) is 0.404. The fourth-order valence-corrected chi connectivity index (χ4v) is 3.79. The first-order valence-electron chi connectivity index (χ1n) is 9.94. The first kappa shape index (κ1) is 18.0. The molecule has 3 heteroatoms. The van der Waals surface area contributed by atoms with Crippen molar-refractivity contribution in [3.63, 3.8) is 0 Å². The van der Waals surface area contributed by atoms with Crippen LogP contribution in [-0.4, -0.2) is 10.9 Å². The first-order valence-corrected chi connectivity index (χ1v) is 9.94. The molecule has 5 rings (SSSR count). The highest BCUT2D eigenvalue weighted by molar-refractivity contribution is 6.13. The van der Waals surface area contributed by atoms with Gasteiger partial charge in [-0.15, -0.1) is 0 Å². The van der Waals surface area contributed by atoms with Crippen molar-refractivity contribution in [3.05, 3.63) is 132 Å². The fraction of sp³-hybridized carbons (Fsp3) is 0. The van der Waals surface area contributed by atoms with E-state index in [2.05, 4.69) is 6.08 Å². The Labute approximate surface area is 176 Å². The number of rotatable bonds is 4. The number of hydrogen-bond acceptors (Lipinski definition) is 2. The highest BCUT2D eigenvalue weighted by Crippen LogP contribution is 2.40. The molecule has 0 unspecified atom stereocenters. The van der Waals surface area contributed by atoms with E-state index in [1.165, 1.54) is 0 Å². The van der Waals surface area contributed by atoms with E-state index in [0.29, 0.717) is 5.56 Å². The number of carbonyl (C=O) groups is 1. The Kier molecular flexibility index (Phi) is 4.62. The standard InChI is InChI=1S/C27H20N2O/c30-27-25-19-11-10-18-24(25)26(20-21-12-4-1-5-13-21)29(27)28(22-14-6-2-7-15-22)23-16-8-3-9-17-23/h1-20H/b26-20+. The van der Waals surface area contributed by atoms with Crippen molar-refractivity contribution in [1.82, 2.24) is 5.01 Å². The number of carbonyl (C=O) groups excluding carboxylic acids is 1. The zero-order chi connectivity index (χ0) is 20.3. The molecule has 0 saturated carbocycles. The van der Waals surface area contributed by atoms with Gasteiger partial charge in [-0.25, -0.2) is 10.0 Å². The van der Waals surface area contributed by atoms with Crippen molar-refractivity contribution in [2.24, 2.45) is 0 Å². The van der Waals surface area contributed by atoms with Crippen LogP contribution >= 0.6 is 0 Å². The number of anilines is 2. The minimum atomic E-state index is -0.0412. The van der Waals surface area contributed by atoms with Gasteiger partial charge in [0.2, 0.25) is 0 Å². The van der Waals surface area contributed by atoms with Gasteiger partial charge >= 0.3 is 0 Å². The van der Waals surface area contributed by atoms with Crippen molar-refractivity contribution in [1.29, 1.82) is 0 Å². The predicted molar refractivity (Wildman–Crippen MR) is 122 cm³/mol. The van der Waals surface area contributed by atoms with Gasteiger partial charge in [-0.05, 0) is 42.0 Å². The molecule has 1 heterocycles. The summed E-state index contributed by atoms with van der Waals surface area (Å²) in [5, 5.41) is 3.76. The average molecular weight is 388 g/mol. The van der Waals surface area contributed by atoms with E-state index < -0.39 is 0 Å². The number of fused-ring (bicyclic) bond motifs is 1. The summed E-state index contributed by atoms with van der Waals surface area (Å²) in [5.74, 6) is -0.0412. The molecule has 4 aromatic carbocycles. The van der Waals surface area contributed by atoms with Gasteiger partial charge in [0.05, 0.1) is 22.6 Å². The van der Waals surface area contributed by atoms with Crippen molar-refractivity contribution >= 4 is 29.1 Å². The Morgan fingerprint density at radius 2 is 1.03 bits per heavy atom. The highest BCUT2D eigenvalue weighted by Gasteiger charge is 2.37. The first-order chi connectivity index (χ1) is 14.8. The van der Waals surface area contributed by atoms with Crippen LogP contribution in [0.5, 0.6) is 0 Å². The molecule has 1 aliphatic rings. The lowest BCUT2D eigenvalue weighted by Crippen LogP contribution is -2.39. The van der Waals surface area contributed by atoms with Crippen molar-refractivity contribution in [2.75, 3.05) is 5.01 Å². The Bertz CT molecular complexity index is 1160. The SMILES string of the molecule is O=C1c2ccccc2/C(=C\c2ccccc2)N1N(c1ccccc1)c1ccccc1. The second kappa shape index (κ2) is 7.72. The van der Waals surface area contributed by atoms with E-state index in [-0.39, 0.29) is 5.91 Å². The Balaban J connectivity index is 1.73. The van der Waals surface area contributed by atoms with Gasteiger partial charge in [0.25, 0.3) is 5.91 Å². The van der Waals surface area contributed by atoms with Gasteiger partial charge < -0.3 is 0 Å². The highest BCUT2D eigenvalue weighted by atomic mass is 16.2. The lowest BCUT2D eigenvalue weighted by molar-refractivity contribution is 0.0851. The summed E-state index contributed by atoms with van der Waals surface area (Å²) < 4.78 is 0. The Morgan fingerprint density at radius 3 is 1.60 bits per heavy atom. The molecule has 1 amide bonds. The summed E-state index contributed by atoms with van der Waals surface area (Å²) in [5.41, 5.74) is 5.38. The van der Waals surface area contributed by atoms with Gasteiger partial charge in [0.1, 0.15) is 0 Å². The van der Waals surface area contributed by atoms with Crippen molar-refractivity contribution in [2.45, 2.75) is 0 Å². The molecule has 144 valence electrons. The van der Waals surface area contributed by atoms with Crippen molar-refractivity contribution in [3.8, 4) is 0 Å². The zero-order valence-electron chi connectivity index (χ0n) is 16.3. The largest absolute Gasteiger partial charge is 0.278 e. The molecule has 0 aromatic heterocycles. The van der Waals surface area contributed by atoms with Crippen LogP contribution in [0.1, 0.15) is 21.5 Å². The molecular weight excluding hydrogens is 368 g/mol. The number of hydrogen-bond donors (Lipinski definition) is 0.